The van der Waals surface area contributed by atoms with E-state index in [4.69, 9.17) is 5.73 Å². The highest BCUT2D eigenvalue weighted by molar-refractivity contribution is 7.99. The normalized spacial score (nSPS) is 10.3. The predicted molar refractivity (Wildman–Crippen MR) is 84.2 cm³/mol. The number of hydrogen-bond donors (Lipinski definition) is 1. The van der Waals surface area contributed by atoms with Gasteiger partial charge in [-0.1, -0.05) is 29.5 Å². The Morgan fingerprint density at radius 1 is 1.15 bits per heavy atom. The minimum Gasteiger partial charge on any atom is -0.398 e. The van der Waals surface area contributed by atoms with Crippen LogP contribution in [0, 0.1) is 6.92 Å². The molecule has 2 aromatic rings. The number of nitrogen functional groups attached to an aromatic ring is 1. The van der Waals surface area contributed by atoms with E-state index in [1.807, 2.05) is 18.2 Å². The molecule has 3 nitrogen and oxygen atoms in total. The third-order valence-electron chi connectivity index (χ3n) is 2.88. The molecule has 1 amide bonds. The SMILES string of the molecule is Cc1cccc(Sc2ccc(C(=O)N(C)C)cc2N)c1. The molecule has 0 spiro atoms. The van der Waals surface area contributed by atoms with Crippen LogP contribution in [0.15, 0.2) is 52.3 Å². The quantitative estimate of drug-likeness (QED) is 0.879. The van der Waals surface area contributed by atoms with Crippen LogP contribution >= 0.6 is 11.8 Å². The number of anilines is 1. The average molecular weight is 286 g/mol. The fraction of sp³-hybridized carbons (Fsp3) is 0.188. The largest absolute Gasteiger partial charge is 0.398 e. The zero-order chi connectivity index (χ0) is 14.7. The van der Waals surface area contributed by atoms with Gasteiger partial charge in [-0.15, -0.1) is 0 Å². The summed E-state index contributed by atoms with van der Waals surface area (Å²) in [6.07, 6.45) is 0. The number of hydrogen-bond acceptors (Lipinski definition) is 3. The number of nitrogens with two attached hydrogens (primary N) is 1. The Balaban J connectivity index is 2.24. The van der Waals surface area contributed by atoms with E-state index >= 15 is 0 Å². The van der Waals surface area contributed by atoms with Crippen molar-refractivity contribution in [2.45, 2.75) is 16.7 Å². The highest BCUT2D eigenvalue weighted by atomic mass is 32.2. The van der Waals surface area contributed by atoms with E-state index in [2.05, 4.69) is 25.1 Å². The van der Waals surface area contributed by atoms with E-state index in [1.165, 1.54) is 5.56 Å². The highest BCUT2D eigenvalue weighted by Gasteiger charge is 2.10. The summed E-state index contributed by atoms with van der Waals surface area (Å²) in [5, 5.41) is 0. The fourth-order valence-corrected chi connectivity index (χ4v) is 2.80. The Hall–Kier alpha value is -1.94. The highest BCUT2D eigenvalue weighted by Crippen LogP contribution is 2.33. The topological polar surface area (TPSA) is 46.3 Å². The first-order valence-corrected chi connectivity index (χ1v) is 7.14. The van der Waals surface area contributed by atoms with Crippen molar-refractivity contribution in [1.29, 1.82) is 0 Å². The fourth-order valence-electron chi connectivity index (χ4n) is 1.84. The van der Waals surface area contributed by atoms with Crippen molar-refractivity contribution in [2.24, 2.45) is 0 Å². The van der Waals surface area contributed by atoms with E-state index in [-0.39, 0.29) is 5.91 Å². The monoisotopic (exact) mass is 286 g/mol. The summed E-state index contributed by atoms with van der Waals surface area (Å²) in [5.74, 6) is -0.0381. The summed E-state index contributed by atoms with van der Waals surface area (Å²) in [6.45, 7) is 2.06. The zero-order valence-corrected chi connectivity index (χ0v) is 12.7. The molecule has 0 unspecified atom stereocenters. The van der Waals surface area contributed by atoms with Crippen molar-refractivity contribution in [3.05, 3.63) is 53.6 Å². The standard InChI is InChI=1S/C16H18N2OS/c1-11-5-4-6-13(9-11)20-15-8-7-12(10-14(15)17)16(19)18(2)3/h4-10H,17H2,1-3H3. The Morgan fingerprint density at radius 3 is 2.50 bits per heavy atom. The molecule has 0 aromatic heterocycles. The van der Waals surface area contributed by atoms with Crippen LogP contribution in [-0.2, 0) is 0 Å². The zero-order valence-electron chi connectivity index (χ0n) is 11.9. The van der Waals surface area contributed by atoms with E-state index in [9.17, 15) is 4.79 Å². The molecule has 2 rings (SSSR count). The summed E-state index contributed by atoms with van der Waals surface area (Å²) in [4.78, 5) is 15.5. The van der Waals surface area contributed by atoms with Crippen LogP contribution in [0.3, 0.4) is 0 Å². The van der Waals surface area contributed by atoms with Gasteiger partial charge in [-0.05, 0) is 37.3 Å². The van der Waals surface area contributed by atoms with Gasteiger partial charge in [-0.2, -0.15) is 0 Å². The lowest BCUT2D eigenvalue weighted by molar-refractivity contribution is 0.0827. The maximum absolute atomic E-state index is 11.9. The smallest absolute Gasteiger partial charge is 0.253 e. The number of amides is 1. The molecule has 4 heteroatoms. The van der Waals surface area contributed by atoms with E-state index in [0.717, 1.165) is 9.79 Å². The Morgan fingerprint density at radius 2 is 1.90 bits per heavy atom. The minimum atomic E-state index is -0.0381. The van der Waals surface area contributed by atoms with Crippen LogP contribution in [0.25, 0.3) is 0 Å². The lowest BCUT2D eigenvalue weighted by atomic mass is 10.2. The average Bonchev–Trinajstić information content (AvgIpc) is 2.40. The van der Waals surface area contributed by atoms with Gasteiger partial charge in [0.2, 0.25) is 0 Å². The van der Waals surface area contributed by atoms with Crippen LogP contribution in [0.2, 0.25) is 0 Å². The molecular formula is C16H18N2OS. The molecule has 0 aliphatic heterocycles. The lowest BCUT2D eigenvalue weighted by Crippen LogP contribution is -2.21. The third kappa shape index (κ3) is 3.33. The van der Waals surface area contributed by atoms with Crippen molar-refractivity contribution in [2.75, 3.05) is 19.8 Å². The molecule has 0 saturated heterocycles. The van der Waals surface area contributed by atoms with Gasteiger partial charge in [0.1, 0.15) is 0 Å². The van der Waals surface area contributed by atoms with Crippen molar-refractivity contribution in [3.63, 3.8) is 0 Å². The molecule has 20 heavy (non-hydrogen) atoms. The Bertz CT molecular complexity index is 638. The van der Waals surface area contributed by atoms with Gasteiger partial charge in [0.15, 0.2) is 0 Å². The predicted octanol–water partition coefficient (Wildman–Crippen LogP) is 3.43. The van der Waals surface area contributed by atoms with Gasteiger partial charge in [-0.3, -0.25) is 4.79 Å². The van der Waals surface area contributed by atoms with Crippen molar-refractivity contribution < 1.29 is 4.79 Å². The second kappa shape index (κ2) is 6.01. The summed E-state index contributed by atoms with van der Waals surface area (Å²) in [7, 11) is 3.46. The molecule has 0 atom stereocenters. The number of nitrogens with zero attached hydrogens (tertiary/aromatic N) is 1. The maximum atomic E-state index is 11.9. The van der Waals surface area contributed by atoms with Gasteiger partial charge in [0.05, 0.1) is 0 Å². The van der Waals surface area contributed by atoms with Crippen LogP contribution in [0.4, 0.5) is 5.69 Å². The molecule has 0 fully saturated rings. The molecule has 0 saturated carbocycles. The van der Waals surface area contributed by atoms with Crippen molar-refractivity contribution in [3.8, 4) is 0 Å². The Kier molecular flexibility index (Phi) is 4.35. The van der Waals surface area contributed by atoms with Gasteiger partial charge in [0, 0.05) is 35.1 Å². The first-order valence-electron chi connectivity index (χ1n) is 6.33. The van der Waals surface area contributed by atoms with Crippen molar-refractivity contribution in [1.82, 2.24) is 4.90 Å². The van der Waals surface area contributed by atoms with E-state index < -0.39 is 0 Å². The van der Waals surface area contributed by atoms with E-state index in [0.29, 0.717) is 11.3 Å². The number of carbonyl (C=O) groups is 1. The maximum Gasteiger partial charge on any atom is 0.253 e. The van der Waals surface area contributed by atoms with Gasteiger partial charge >= 0.3 is 0 Å². The second-order valence-corrected chi connectivity index (χ2v) is 5.99. The summed E-state index contributed by atoms with van der Waals surface area (Å²) in [6, 6.07) is 13.7. The van der Waals surface area contributed by atoms with Crippen LogP contribution < -0.4 is 5.73 Å². The van der Waals surface area contributed by atoms with Gasteiger partial charge in [-0.25, -0.2) is 0 Å². The molecular weight excluding hydrogens is 268 g/mol. The van der Waals surface area contributed by atoms with Gasteiger partial charge < -0.3 is 10.6 Å². The molecule has 104 valence electrons. The molecule has 0 heterocycles. The number of benzene rings is 2. The van der Waals surface area contributed by atoms with Gasteiger partial charge in [0.25, 0.3) is 5.91 Å². The first-order chi connectivity index (χ1) is 9.47. The molecule has 0 bridgehead atoms. The molecule has 0 aliphatic carbocycles. The molecule has 2 aromatic carbocycles. The third-order valence-corrected chi connectivity index (χ3v) is 3.96. The summed E-state index contributed by atoms with van der Waals surface area (Å²) in [5.41, 5.74) is 8.51. The van der Waals surface area contributed by atoms with Crippen LogP contribution in [-0.4, -0.2) is 24.9 Å². The number of rotatable bonds is 3. The summed E-state index contributed by atoms with van der Waals surface area (Å²) < 4.78 is 0. The van der Waals surface area contributed by atoms with Crippen LogP contribution in [0.5, 0.6) is 0 Å². The second-order valence-electron chi connectivity index (χ2n) is 4.87. The van der Waals surface area contributed by atoms with Crippen molar-refractivity contribution >= 4 is 23.4 Å². The van der Waals surface area contributed by atoms with Crippen LogP contribution in [0.1, 0.15) is 15.9 Å². The number of aryl methyl sites for hydroxylation is 1. The van der Waals surface area contributed by atoms with E-state index in [1.54, 1.807) is 36.8 Å². The lowest BCUT2D eigenvalue weighted by Gasteiger charge is -2.12. The Labute approximate surface area is 123 Å². The minimum absolute atomic E-state index is 0.0381. The first kappa shape index (κ1) is 14.5. The number of carbonyl (C=O) groups excluding carboxylic acids is 1. The molecule has 2 N–H and O–H groups in total. The molecule has 0 aliphatic rings. The molecule has 0 radical (unpaired) electrons. The summed E-state index contributed by atoms with van der Waals surface area (Å²) >= 11 is 1.61.